The molecule has 1 aromatic heterocycles. The summed E-state index contributed by atoms with van der Waals surface area (Å²) in [5, 5.41) is 50.5. The Bertz CT molecular complexity index is 2350. The number of fused-ring (bicyclic) bond motifs is 2. The maximum atomic E-state index is 11.8. The summed E-state index contributed by atoms with van der Waals surface area (Å²) in [6.45, 7) is 9.59. The van der Waals surface area contributed by atoms with Gasteiger partial charge in [-0.05, 0) is 69.1 Å². The summed E-state index contributed by atoms with van der Waals surface area (Å²) in [5.74, 6) is -1.06. The van der Waals surface area contributed by atoms with Gasteiger partial charge >= 0.3 is 20.2 Å². The van der Waals surface area contributed by atoms with Crippen LogP contribution in [0.25, 0.3) is 5.57 Å². The molecule has 4 aromatic carbocycles. The molecule has 2 aliphatic rings. The predicted molar refractivity (Wildman–Crippen MR) is 224 cm³/mol. The highest BCUT2D eigenvalue weighted by Crippen LogP contribution is 2.49. The van der Waals surface area contributed by atoms with Gasteiger partial charge < -0.3 is 35.0 Å². The fraction of sp³-hybridized carbons (Fsp3) is 0.200. The van der Waals surface area contributed by atoms with Crippen molar-refractivity contribution < 1.29 is 30.0 Å². The highest BCUT2D eigenvalue weighted by atomic mass is 16.4. The van der Waals surface area contributed by atoms with Crippen molar-refractivity contribution in [3.8, 4) is 0 Å². The van der Waals surface area contributed by atoms with Crippen LogP contribution in [0.4, 0.5) is 11.4 Å². The summed E-state index contributed by atoms with van der Waals surface area (Å²) >= 11 is 0. The molecule has 5 N–H and O–H groups in total. The molecule has 0 radical (unpaired) electrons. The van der Waals surface area contributed by atoms with Crippen LogP contribution < -0.4 is 20.7 Å². The number of aromatic nitrogens is 1. The second-order valence-electron chi connectivity index (χ2n) is 15.5. The number of aromatic carboxylic acids is 1. The third-order valence-corrected chi connectivity index (χ3v) is 11.3. The van der Waals surface area contributed by atoms with Gasteiger partial charge in [0.15, 0.2) is 0 Å². The number of allylic oxidation sites excluding steroid dienone is 5. The third-order valence-electron chi connectivity index (χ3n) is 11.3. The van der Waals surface area contributed by atoms with Crippen LogP contribution in [0.2, 0.25) is 0 Å². The molecule has 9 nitrogen and oxygen atoms in total. The van der Waals surface area contributed by atoms with Crippen LogP contribution in [0, 0.1) is 0 Å². The second-order valence-corrected chi connectivity index (χ2v) is 15.5. The normalized spacial score (nSPS) is 17.7. The summed E-state index contributed by atoms with van der Waals surface area (Å²) in [4.78, 5) is 20.9. The monoisotopic (exact) mass is 745 g/mol. The molecule has 7 rings (SSSR count). The summed E-state index contributed by atoms with van der Waals surface area (Å²) in [5.41, 5.74) is 8.51. The van der Waals surface area contributed by atoms with E-state index in [0.29, 0.717) is 29.7 Å². The van der Waals surface area contributed by atoms with Crippen LogP contribution >= 0.6 is 0 Å². The van der Waals surface area contributed by atoms with Gasteiger partial charge in [-0.3, -0.25) is 4.98 Å². The van der Waals surface area contributed by atoms with E-state index in [2.05, 4.69) is 78.9 Å². The number of para-hydroxylation sites is 2. The zero-order chi connectivity index (χ0) is 39.8. The van der Waals surface area contributed by atoms with Gasteiger partial charge in [0.05, 0.1) is 17.3 Å². The standard InChI is InChI=1S/C45H45B2N3O6/c1-44(2)34-15-7-11-19-39(34)49(28-32-13-5-9-17-36(32)46(53)54)41(44)25-22-30(38-24-21-31(27-48-38)43(51)52)23-26-42-45(3,4)35-16-8-12-20-40(35)50(42)29-33-14-6-10-18-37(33)47(55)56/h5-27,41,53-56H,28-29H2,1-4H3,(H,51,52)/b25-22+,30-23-,42-26-. The molecule has 0 saturated heterocycles. The largest absolute Gasteiger partial charge is 0.488 e. The van der Waals surface area contributed by atoms with Crippen LogP contribution in [-0.4, -0.2) is 56.4 Å². The first-order chi connectivity index (χ1) is 26.8. The molecule has 3 heterocycles. The van der Waals surface area contributed by atoms with Gasteiger partial charge in [0, 0.05) is 47.2 Å². The number of hydrogen-bond acceptors (Lipinski definition) is 8. The van der Waals surface area contributed by atoms with Crippen LogP contribution in [0.5, 0.6) is 0 Å². The van der Waals surface area contributed by atoms with Crippen molar-refractivity contribution in [2.45, 2.75) is 57.7 Å². The SMILES string of the molecule is CC1(C)/C(=C/C=C(/C=C/C2N(Cc3ccccc3B(O)O)c3ccccc3C2(C)C)c2ccc(C(=O)O)cn2)N(Cc2ccccc2B(O)O)c2ccccc21. The Morgan fingerprint density at radius 1 is 0.732 bits per heavy atom. The minimum atomic E-state index is -1.62. The average Bonchev–Trinajstić information content (AvgIpc) is 3.53. The highest BCUT2D eigenvalue weighted by Gasteiger charge is 2.43. The lowest BCUT2D eigenvalue weighted by Gasteiger charge is -2.33. The van der Waals surface area contributed by atoms with E-state index in [1.54, 1.807) is 36.4 Å². The van der Waals surface area contributed by atoms with Crippen LogP contribution in [0.15, 0.2) is 145 Å². The molecule has 0 bridgehead atoms. The zero-order valence-corrected chi connectivity index (χ0v) is 31.9. The Kier molecular flexibility index (Phi) is 10.6. The number of anilines is 2. The fourth-order valence-corrected chi connectivity index (χ4v) is 8.30. The van der Waals surface area contributed by atoms with Crippen LogP contribution in [0.3, 0.4) is 0 Å². The van der Waals surface area contributed by atoms with E-state index in [4.69, 9.17) is 0 Å². The van der Waals surface area contributed by atoms with Crippen LogP contribution in [-0.2, 0) is 23.9 Å². The summed E-state index contributed by atoms with van der Waals surface area (Å²) < 4.78 is 0. The predicted octanol–water partition coefficient (Wildman–Crippen LogP) is 5.33. The lowest BCUT2D eigenvalue weighted by Crippen LogP contribution is -2.42. The Hall–Kier alpha value is -5.71. The number of carbonyl (C=O) groups is 1. The number of hydrogen-bond donors (Lipinski definition) is 5. The zero-order valence-electron chi connectivity index (χ0n) is 31.9. The fourth-order valence-electron chi connectivity index (χ4n) is 8.30. The molecule has 0 fully saturated rings. The molecule has 5 aromatic rings. The van der Waals surface area contributed by atoms with Crippen molar-refractivity contribution in [3.63, 3.8) is 0 Å². The van der Waals surface area contributed by atoms with Gasteiger partial charge in [-0.15, -0.1) is 0 Å². The van der Waals surface area contributed by atoms with Crippen molar-refractivity contribution in [3.05, 3.63) is 179 Å². The van der Waals surface area contributed by atoms with Crippen LogP contribution in [0.1, 0.15) is 66.0 Å². The van der Waals surface area contributed by atoms with E-state index >= 15 is 0 Å². The van der Waals surface area contributed by atoms with Crippen molar-refractivity contribution in [1.29, 1.82) is 0 Å². The lowest BCUT2D eigenvalue weighted by molar-refractivity contribution is 0.0696. The van der Waals surface area contributed by atoms with Gasteiger partial charge in [-0.1, -0.05) is 131 Å². The first kappa shape index (κ1) is 38.6. The second kappa shape index (κ2) is 15.4. The number of carboxylic acids is 1. The van der Waals surface area contributed by atoms with Crippen molar-refractivity contribution in [2.75, 3.05) is 9.80 Å². The molecule has 0 saturated carbocycles. The minimum absolute atomic E-state index is 0.0852. The molecule has 0 spiro atoms. The highest BCUT2D eigenvalue weighted by molar-refractivity contribution is 6.59. The Labute approximate surface area is 328 Å². The summed E-state index contributed by atoms with van der Waals surface area (Å²) in [7, 11) is -3.23. The maximum Gasteiger partial charge on any atom is 0.488 e. The van der Waals surface area contributed by atoms with E-state index < -0.39 is 25.6 Å². The molecule has 2 aliphatic heterocycles. The van der Waals surface area contributed by atoms with E-state index in [9.17, 15) is 30.0 Å². The first-order valence-corrected chi connectivity index (χ1v) is 18.7. The smallest absolute Gasteiger partial charge is 0.478 e. The molecule has 1 unspecified atom stereocenters. The third kappa shape index (κ3) is 7.22. The summed E-state index contributed by atoms with van der Waals surface area (Å²) in [6.07, 6.45) is 9.65. The lowest BCUT2D eigenvalue weighted by atomic mass is 9.76. The molecular formula is C45H45B2N3O6. The molecular weight excluding hydrogens is 700 g/mol. The van der Waals surface area contributed by atoms with Gasteiger partial charge in [-0.2, -0.15) is 0 Å². The number of rotatable bonds is 11. The Morgan fingerprint density at radius 2 is 1.30 bits per heavy atom. The van der Waals surface area contributed by atoms with Crippen molar-refractivity contribution >= 4 is 48.1 Å². The number of pyridine rings is 1. The number of nitrogens with zero attached hydrogens (tertiary/aromatic N) is 3. The number of benzene rings is 4. The minimum Gasteiger partial charge on any atom is -0.478 e. The topological polar surface area (TPSA) is 138 Å². The quantitative estimate of drug-likeness (QED) is 0.0899. The first-order valence-electron chi connectivity index (χ1n) is 18.7. The van der Waals surface area contributed by atoms with E-state index in [0.717, 1.165) is 39.3 Å². The molecule has 56 heavy (non-hydrogen) atoms. The summed E-state index contributed by atoms with van der Waals surface area (Å²) in [6, 6.07) is 34.3. The molecule has 0 amide bonds. The number of carboxylic acid groups (broad SMARTS) is 1. The van der Waals surface area contributed by atoms with Crippen molar-refractivity contribution in [2.24, 2.45) is 0 Å². The molecule has 0 aliphatic carbocycles. The Balaban J connectivity index is 1.34. The maximum absolute atomic E-state index is 11.8. The molecule has 11 heteroatoms. The van der Waals surface area contributed by atoms with E-state index in [-0.39, 0.29) is 17.0 Å². The molecule has 282 valence electrons. The molecule has 1 atom stereocenters. The van der Waals surface area contributed by atoms with Gasteiger partial charge in [0.2, 0.25) is 0 Å². The Morgan fingerprint density at radius 3 is 1.91 bits per heavy atom. The van der Waals surface area contributed by atoms with Gasteiger partial charge in [-0.25, -0.2) is 4.79 Å². The van der Waals surface area contributed by atoms with Crippen molar-refractivity contribution in [1.82, 2.24) is 4.98 Å². The van der Waals surface area contributed by atoms with Gasteiger partial charge in [0.1, 0.15) is 0 Å². The van der Waals surface area contributed by atoms with E-state index in [1.807, 2.05) is 60.7 Å². The van der Waals surface area contributed by atoms with E-state index in [1.165, 1.54) is 11.8 Å². The average molecular weight is 745 g/mol. The van der Waals surface area contributed by atoms with Gasteiger partial charge in [0.25, 0.3) is 0 Å².